The van der Waals surface area contributed by atoms with Crippen LogP contribution < -0.4 is 0 Å². The highest BCUT2D eigenvalue weighted by molar-refractivity contribution is 5.81. The number of fused-ring (bicyclic) bond motifs is 1. The number of aliphatic carboxylic acids is 1. The van der Waals surface area contributed by atoms with Crippen molar-refractivity contribution in [3.8, 4) is 0 Å². The molecule has 1 N–H and O–H groups in total. The fourth-order valence-corrected chi connectivity index (χ4v) is 4.58. The first kappa shape index (κ1) is 17.1. The Morgan fingerprint density at radius 1 is 1.08 bits per heavy atom. The van der Waals surface area contributed by atoms with E-state index in [1.54, 1.807) is 0 Å². The van der Waals surface area contributed by atoms with Crippen molar-refractivity contribution >= 4 is 22.9 Å². The van der Waals surface area contributed by atoms with Crippen LogP contribution in [0.2, 0.25) is 0 Å². The van der Waals surface area contributed by atoms with Crippen molar-refractivity contribution in [3.63, 3.8) is 0 Å². The summed E-state index contributed by atoms with van der Waals surface area (Å²) < 4.78 is 2.10. The molecule has 2 aromatic rings. The fraction of sp³-hybridized carbons (Fsp3) is 0.550. The first-order chi connectivity index (χ1) is 12.6. The predicted octanol–water partition coefficient (Wildman–Crippen LogP) is 3.13. The minimum atomic E-state index is -0.727. The summed E-state index contributed by atoms with van der Waals surface area (Å²) in [6.45, 7) is 0.769. The molecule has 1 saturated heterocycles. The van der Waals surface area contributed by atoms with Crippen LogP contribution in [0.4, 0.5) is 0 Å². The van der Waals surface area contributed by atoms with E-state index >= 15 is 0 Å². The number of rotatable bonds is 3. The van der Waals surface area contributed by atoms with Crippen LogP contribution in [-0.2, 0) is 16.6 Å². The van der Waals surface area contributed by atoms with Crippen molar-refractivity contribution in [2.75, 3.05) is 6.54 Å². The van der Waals surface area contributed by atoms with Crippen molar-refractivity contribution in [2.24, 2.45) is 18.9 Å². The Balaban J connectivity index is 1.54. The molecule has 4 rings (SSSR count). The Morgan fingerprint density at radius 2 is 1.77 bits per heavy atom. The summed E-state index contributed by atoms with van der Waals surface area (Å²) >= 11 is 0. The van der Waals surface area contributed by atoms with Gasteiger partial charge in [0.2, 0.25) is 5.91 Å². The molecule has 1 unspecified atom stereocenters. The van der Waals surface area contributed by atoms with E-state index in [-0.39, 0.29) is 23.8 Å². The number of imidazole rings is 1. The van der Waals surface area contributed by atoms with Gasteiger partial charge in [0.1, 0.15) is 5.82 Å². The second-order valence-corrected chi connectivity index (χ2v) is 7.59. The smallest absolute Gasteiger partial charge is 0.306 e. The second kappa shape index (κ2) is 6.74. The zero-order valence-electron chi connectivity index (χ0n) is 15.1. The molecule has 1 saturated carbocycles. The number of carbonyl (C=O) groups excluding carboxylic acids is 1. The van der Waals surface area contributed by atoms with Crippen LogP contribution in [0, 0.1) is 11.8 Å². The quantitative estimate of drug-likeness (QED) is 0.918. The minimum absolute atomic E-state index is 0.0251. The van der Waals surface area contributed by atoms with E-state index < -0.39 is 5.97 Å². The van der Waals surface area contributed by atoms with E-state index in [2.05, 4.69) is 10.6 Å². The number of carboxylic acid groups (broad SMARTS) is 1. The number of likely N-dealkylation sites (tertiary alicyclic amines) is 1. The Morgan fingerprint density at radius 3 is 2.46 bits per heavy atom. The summed E-state index contributed by atoms with van der Waals surface area (Å²) in [6.07, 6.45) is 4.51. The lowest BCUT2D eigenvalue weighted by atomic mass is 9.81. The average Bonchev–Trinajstić information content (AvgIpc) is 3.26. The number of aromatic nitrogens is 2. The number of nitrogens with zero attached hydrogens (tertiary/aromatic N) is 3. The number of carboxylic acids is 1. The summed E-state index contributed by atoms with van der Waals surface area (Å²) in [6, 6.07) is 8.08. The van der Waals surface area contributed by atoms with Crippen molar-refractivity contribution in [1.82, 2.24) is 14.5 Å². The van der Waals surface area contributed by atoms with E-state index in [1.165, 1.54) is 0 Å². The number of benzene rings is 1. The van der Waals surface area contributed by atoms with Gasteiger partial charge in [-0.05, 0) is 50.7 Å². The molecule has 2 aliphatic rings. The van der Waals surface area contributed by atoms with E-state index in [0.717, 1.165) is 36.2 Å². The molecule has 6 nitrogen and oxygen atoms in total. The molecule has 26 heavy (non-hydrogen) atoms. The molecule has 1 aliphatic heterocycles. The van der Waals surface area contributed by atoms with Crippen LogP contribution in [-0.4, -0.2) is 38.0 Å². The van der Waals surface area contributed by atoms with Crippen LogP contribution in [0.15, 0.2) is 24.3 Å². The lowest BCUT2D eigenvalue weighted by Crippen LogP contribution is -2.38. The van der Waals surface area contributed by atoms with Gasteiger partial charge in [0.05, 0.1) is 23.0 Å². The summed E-state index contributed by atoms with van der Waals surface area (Å²) in [5.74, 6) is 0.0865. The largest absolute Gasteiger partial charge is 0.481 e. The lowest BCUT2D eigenvalue weighted by Gasteiger charge is -2.31. The van der Waals surface area contributed by atoms with Gasteiger partial charge in [-0.25, -0.2) is 4.98 Å². The highest BCUT2D eigenvalue weighted by Crippen LogP contribution is 2.37. The van der Waals surface area contributed by atoms with Gasteiger partial charge in [0.25, 0.3) is 0 Å². The van der Waals surface area contributed by atoms with Gasteiger partial charge in [0, 0.05) is 19.5 Å². The van der Waals surface area contributed by atoms with E-state index in [0.29, 0.717) is 25.7 Å². The third-order valence-corrected chi connectivity index (χ3v) is 6.08. The molecule has 0 radical (unpaired) electrons. The van der Waals surface area contributed by atoms with Gasteiger partial charge in [-0.1, -0.05) is 12.1 Å². The fourth-order valence-electron chi connectivity index (χ4n) is 4.58. The van der Waals surface area contributed by atoms with Crippen LogP contribution in [0.25, 0.3) is 11.0 Å². The number of hydrogen-bond acceptors (Lipinski definition) is 3. The van der Waals surface area contributed by atoms with Crippen molar-refractivity contribution in [1.29, 1.82) is 0 Å². The van der Waals surface area contributed by atoms with Gasteiger partial charge < -0.3 is 14.6 Å². The van der Waals surface area contributed by atoms with E-state index in [9.17, 15) is 9.59 Å². The molecular formula is C20H25N3O3. The van der Waals surface area contributed by atoms with Crippen molar-refractivity contribution in [2.45, 2.75) is 44.6 Å². The minimum Gasteiger partial charge on any atom is -0.481 e. The summed E-state index contributed by atoms with van der Waals surface area (Å²) in [5.41, 5.74) is 2.05. The molecule has 2 fully saturated rings. The highest BCUT2D eigenvalue weighted by Gasteiger charge is 2.38. The maximum Gasteiger partial charge on any atom is 0.306 e. The molecule has 0 spiro atoms. The number of hydrogen-bond donors (Lipinski definition) is 1. The summed E-state index contributed by atoms with van der Waals surface area (Å²) in [4.78, 5) is 31.1. The van der Waals surface area contributed by atoms with Crippen LogP contribution in [0.5, 0.6) is 0 Å². The number of aryl methyl sites for hydroxylation is 1. The molecule has 1 amide bonds. The molecule has 1 aromatic carbocycles. The third-order valence-electron chi connectivity index (χ3n) is 6.08. The van der Waals surface area contributed by atoms with Gasteiger partial charge >= 0.3 is 5.97 Å². The molecular weight excluding hydrogens is 330 g/mol. The van der Waals surface area contributed by atoms with Crippen molar-refractivity contribution < 1.29 is 14.7 Å². The SMILES string of the molecule is Cn1c(C2CCCN2C(=O)C2CCC(C(=O)O)CC2)nc2ccccc21. The number of carbonyl (C=O) groups is 2. The third kappa shape index (κ3) is 2.87. The normalized spacial score (nSPS) is 26.3. The van der Waals surface area contributed by atoms with Gasteiger partial charge in [-0.3, -0.25) is 9.59 Å². The maximum atomic E-state index is 13.1. The lowest BCUT2D eigenvalue weighted by molar-refractivity contribution is -0.146. The monoisotopic (exact) mass is 355 g/mol. The zero-order valence-corrected chi connectivity index (χ0v) is 15.1. The Bertz CT molecular complexity index is 836. The summed E-state index contributed by atoms with van der Waals surface area (Å²) in [7, 11) is 2.02. The zero-order chi connectivity index (χ0) is 18.3. The van der Waals surface area contributed by atoms with Crippen molar-refractivity contribution in [3.05, 3.63) is 30.1 Å². The van der Waals surface area contributed by atoms with Gasteiger partial charge in [-0.15, -0.1) is 0 Å². The Hall–Kier alpha value is -2.37. The van der Waals surface area contributed by atoms with Crippen LogP contribution in [0.3, 0.4) is 0 Å². The molecule has 138 valence electrons. The molecule has 1 aliphatic carbocycles. The first-order valence-corrected chi connectivity index (χ1v) is 9.51. The molecule has 2 heterocycles. The maximum absolute atomic E-state index is 13.1. The van der Waals surface area contributed by atoms with E-state index in [1.807, 2.05) is 30.1 Å². The summed E-state index contributed by atoms with van der Waals surface area (Å²) in [5, 5.41) is 9.16. The second-order valence-electron chi connectivity index (χ2n) is 7.59. The van der Waals surface area contributed by atoms with Gasteiger partial charge in [-0.2, -0.15) is 0 Å². The molecule has 1 aromatic heterocycles. The van der Waals surface area contributed by atoms with Crippen LogP contribution >= 0.6 is 0 Å². The topological polar surface area (TPSA) is 75.4 Å². The standard InChI is InChI=1S/C20H25N3O3/c1-22-16-6-3-2-5-15(16)21-18(22)17-7-4-12-23(17)19(24)13-8-10-14(11-9-13)20(25)26/h2-3,5-6,13-14,17H,4,7-12H2,1H3,(H,25,26). The Labute approximate surface area is 152 Å². The number of para-hydroxylation sites is 2. The number of amides is 1. The molecule has 6 heteroatoms. The molecule has 0 bridgehead atoms. The van der Waals surface area contributed by atoms with Gasteiger partial charge in [0.15, 0.2) is 0 Å². The van der Waals surface area contributed by atoms with E-state index in [4.69, 9.17) is 10.1 Å². The molecule has 1 atom stereocenters. The predicted molar refractivity (Wildman–Crippen MR) is 97.5 cm³/mol. The highest BCUT2D eigenvalue weighted by atomic mass is 16.4. The Kier molecular flexibility index (Phi) is 4.42. The average molecular weight is 355 g/mol. The first-order valence-electron chi connectivity index (χ1n) is 9.51. The van der Waals surface area contributed by atoms with Crippen LogP contribution in [0.1, 0.15) is 50.4 Å².